The van der Waals surface area contributed by atoms with E-state index in [2.05, 4.69) is 20.5 Å². The van der Waals surface area contributed by atoms with Crippen LogP contribution in [0.4, 0.5) is 5.82 Å². The van der Waals surface area contributed by atoms with Crippen LogP contribution in [0.5, 0.6) is 0 Å². The van der Waals surface area contributed by atoms with Crippen LogP contribution in [0.3, 0.4) is 0 Å². The largest absolute Gasteiger partial charge is 0.339 e. The van der Waals surface area contributed by atoms with E-state index >= 15 is 0 Å². The summed E-state index contributed by atoms with van der Waals surface area (Å²) in [5, 5.41) is 11.3. The van der Waals surface area contributed by atoms with Gasteiger partial charge in [0, 0.05) is 31.8 Å². The first-order chi connectivity index (χ1) is 13.7. The molecular weight excluding hydrogens is 356 g/mol. The average molecular weight is 378 g/mol. The number of carbonyl (C=O) groups excluding carboxylic acids is 2. The van der Waals surface area contributed by atoms with Gasteiger partial charge >= 0.3 is 0 Å². The highest BCUT2D eigenvalue weighted by molar-refractivity contribution is 5.94. The van der Waals surface area contributed by atoms with Crippen LogP contribution >= 0.6 is 0 Å². The maximum Gasteiger partial charge on any atom is 0.246 e. The molecular formula is C20H22N6O2. The molecule has 1 saturated carbocycles. The third-order valence-corrected chi connectivity index (χ3v) is 6.09. The Labute approximate surface area is 162 Å². The molecule has 2 fully saturated rings. The van der Waals surface area contributed by atoms with Crippen LogP contribution in [0.25, 0.3) is 6.08 Å². The Morgan fingerprint density at radius 2 is 1.89 bits per heavy atom. The van der Waals surface area contributed by atoms with Gasteiger partial charge in [-0.25, -0.2) is 4.98 Å². The van der Waals surface area contributed by atoms with Crippen molar-refractivity contribution >= 4 is 23.7 Å². The van der Waals surface area contributed by atoms with E-state index in [4.69, 9.17) is 0 Å². The van der Waals surface area contributed by atoms with Crippen molar-refractivity contribution in [1.82, 2.24) is 24.9 Å². The van der Waals surface area contributed by atoms with Crippen molar-refractivity contribution in [2.24, 2.45) is 11.8 Å². The van der Waals surface area contributed by atoms with Gasteiger partial charge in [-0.1, -0.05) is 0 Å². The molecule has 28 heavy (non-hydrogen) atoms. The van der Waals surface area contributed by atoms with E-state index in [0.29, 0.717) is 36.5 Å². The zero-order valence-corrected chi connectivity index (χ0v) is 15.5. The zero-order chi connectivity index (χ0) is 19.1. The molecule has 0 aromatic carbocycles. The van der Waals surface area contributed by atoms with Gasteiger partial charge in [0.25, 0.3) is 0 Å². The number of fused-ring (bicyclic) bond motifs is 2. The number of nitrogens with zero attached hydrogens (tertiary/aromatic N) is 5. The van der Waals surface area contributed by atoms with Gasteiger partial charge in [-0.3, -0.25) is 9.59 Å². The van der Waals surface area contributed by atoms with E-state index in [1.165, 1.54) is 0 Å². The molecule has 2 aromatic rings. The molecule has 5 rings (SSSR count). The number of aryl methyl sites for hydroxylation is 1. The Balaban J connectivity index is 1.20. The highest BCUT2D eigenvalue weighted by atomic mass is 16.2. The molecule has 144 valence electrons. The summed E-state index contributed by atoms with van der Waals surface area (Å²) in [6, 6.07) is 2.35. The summed E-state index contributed by atoms with van der Waals surface area (Å²) in [4.78, 5) is 32.1. The minimum Gasteiger partial charge on any atom is -0.339 e. The van der Waals surface area contributed by atoms with E-state index < -0.39 is 0 Å². The summed E-state index contributed by atoms with van der Waals surface area (Å²) in [5.41, 5.74) is 1.90. The van der Waals surface area contributed by atoms with Crippen molar-refractivity contribution < 1.29 is 9.59 Å². The van der Waals surface area contributed by atoms with Gasteiger partial charge in [0.2, 0.25) is 11.8 Å². The molecule has 1 N–H and O–H groups in total. The highest BCUT2D eigenvalue weighted by Gasteiger charge is 2.43. The zero-order valence-electron chi connectivity index (χ0n) is 15.5. The van der Waals surface area contributed by atoms with Crippen molar-refractivity contribution in [3.05, 3.63) is 41.9 Å². The smallest absolute Gasteiger partial charge is 0.246 e. The third kappa shape index (κ3) is 3.19. The van der Waals surface area contributed by atoms with Crippen molar-refractivity contribution in [1.29, 1.82) is 0 Å². The number of pyridine rings is 1. The van der Waals surface area contributed by atoms with E-state index in [9.17, 15) is 9.59 Å². The second-order valence-corrected chi connectivity index (χ2v) is 7.90. The monoisotopic (exact) mass is 378 g/mol. The van der Waals surface area contributed by atoms with Crippen LogP contribution in [0, 0.1) is 11.8 Å². The SMILES string of the molecule is O=C1CCc2cc(/C=C/C(=O)N3CC4CC(n5nccn5)CC4C3)cnc2N1. The van der Waals surface area contributed by atoms with Crippen LogP contribution in [0.2, 0.25) is 0 Å². The minimum atomic E-state index is 0.00336. The summed E-state index contributed by atoms with van der Waals surface area (Å²) < 4.78 is 0. The Hall–Kier alpha value is -3.03. The second-order valence-electron chi connectivity index (χ2n) is 7.90. The lowest BCUT2D eigenvalue weighted by Crippen LogP contribution is -2.28. The molecule has 2 atom stereocenters. The van der Waals surface area contributed by atoms with E-state index in [1.807, 2.05) is 21.8 Å². The molecule has 8 nitrogen and oxygen atoms in total. The quantitative estimate of drug-likeness (QED) is 0.821. The predicted molar refractivity (Wildman–Crippen MR) is 102 cm³/mol. The van der Waals surface area contributed by atoms with Crippen molar-refractivity contribution in [3.8, 4) is 0 Å². The number of likely N-dealkylation sites (tertiary alicyclic amines) is 1. The van der Waals surface area contributed by atoms with Crippen LogP contribution in [-0.4, -0.2) is 49.8 Å². The molecule has 2 unspecified atom stereocenters. The average Bonchev–Trinajstić information content (AvgIpc) is 3.41. The molecule has 0 bridgehead atoms. The molecule has 2 amide bonds. The molecule has 4 heterocycles. The molecule has 3 aliphatic rings. The number of anilines is 1. The Morgan fingerprint density at radius 3 is 2.64 bits per heavy atom. The van der Waals surface area contributed by atoms with E-state index in [-0.39, 0.29) is 11.8 Å². The first-order valence-corrected chi connectivity index (χ1v) is 9.77. The number of carbonyl (C=O) groups is 2. The van der Waals surface area contributed by atoms with Gasteiger partial charge in [-0.15, -0.1) is 0 Å². The Bertz CT molecular complexity index is 924. The first kappa shape index (κ1) is 17.1. The molecule has 0 spiro atoms. The van der Waals surface area contributed by atoms with Crippen molar-refractivity contribution in [3.63, 3.8) is 0 Å². The lowest BCUT2D eigenvalue weighted by atomic mass is 10.0. The number of nitrogens with one attached hydrogen (secondary N) is 1. The van der Waals surface area contributed by atoms with Gasteiger partial charge < -0.3 is 10.2 Å². The van der Waals surface area contributed by atoms with Crippen LogP contribution in [0.1, 0.15) is 36.4 Å². The number of hydrogen-bond acceptors (Lipinski definition) is 5. The van der Waals surface area contributed by atoms with Gasteiger partial charge in [-0.05, 0) is 54.4 Å². The second kappa shape index (κ2) is 6.85. The number of amides is 2. The normalized spacial score (nSPS) is 26.4. The molecule has 2 aliphatic heterocycles. The molecule has 2 aromatic heterocycles. The fourth-order valence-electron chi connectivity index (χ4n) is 4.69. The highest BCUT2D eigenvalue weighted by Crippen LogP contribution is 2.43. The molecule has 0 radical (unpaired) electrons. The fraction of sp³-hybridized carbons (Fsp3) is 0.450. The van der Waals surface area contributed by atoms with Gasteiger partial charge in [0.1, 0.15) is 5.82 Å². The van der Waals surface area contributed by atoms with E-state index in [0.717, 1.165) is 37.1 Å². The van der Waals surface area contributed by atoms with Crippen molar-refractivity contribution in [2.45, 2.75) is 31.7 Å². The van der Waals surface area contributed by atoms with Gasteiger partial charge in [0.05, 0.1) is 18.4 Å². The number of aromatic nitrogens is 4. The van der Waals surface area contributed by atoms with Crippen LogP contribution in [-0.2, 0) is 16.0 Å². The van der Waals surface area contributed by atoms with Gasteiger partial charge in [0.15, 0.2) is 0 Å². The maximum atomic E-state index is 12.6. The number of rotatable bonds is 3. The van der Waals surface area contributed by atoms with E-state index in [1.54, 1.807) is 24.7 Å². The number of hydrogen-bond donors (Lipinski definition) is 1. The minimum absolute atomic E-state index is 0.00336. The summed E-state index contributed by atoms with van der Waals surface area (Å²) in [6.07, 6.45) is 11.8. The summed E-state index contributed by atoms with van der Waals surface area (Å²) in [6.45, 7) is 1.61. The molecule has 1 saturated heterocycles. The lowest BCUT2D eigenvalue weighted by Gasteiger charge is -2.17. The molecule has 8 heteroatoms. The standard InChI is InChI=1S/C20H22N6O2/c27-18-3-2-14-7-13(10-21-20(14)24-18)1-4-19(28)25-11-15-8-17(9-16(15)12-25)26-22-5-6-23-26/h1,4-7,10,15-17H,2-3,8-9,11-12H2,(H,21,24,27)/b4-1+. The summed E-state index contributed by atoms with van der Waals surface area (Å²) >= 11 is 0. The Morgan fingerprint density at radius 1 is 1.14 bits per heavy atom. The fourth-order valence-corrected chi connectivity index (χ4v) is 4.69. The predicted octanol–water partition coefficient (Wildman–Crippen LogP) is 1.68. The third-order valence-electron chi connectivity index (χ3n) is 6.09. The molecule has 1 aliphatic carbocycles. The van der Waals surface area contributed by atoms with Crippen LogP contribution < -0.4 is 5.32 Å². The lowest BCUT2D eigenvalue weighted by molar-refractivity contribution is -0.125. The summed E-state index contributed by atoms with van der Waals surface area (Å²) in [5.74, 6) is 1.75. The maximum absolute atomic E-state index is 12.6. The summed E-state index contributed by atoms with van der Waals surface area (Å²) in [7, 11) is 0. The Kier molecular flexibility index (Phi) is 4.18. The topological polar surface area (TPSA) is 93.0 Å². The first-order valence-electron chi connectivity index (χ1n) is 9.77. The van der Waals surface area contributed by atoms with Crippen LogP contribution in [0.15, 0.2) is 30.7 Å². The van der Waals surface area contributed by atoms with Gasteiger partial charge in [-0.2, -0.15) is 15.0 Å². The van der Waals surface area contributed by atoms with Crippen molar-refractivity contribution in [2.75, 3.05) is 18.4 Å².